The molecule has 1 aliphatic rings. The van der Waals surface area contributed by atoms with Crippen molar-refractivity contribution in [3.8, 4) is 0 Å². The molecule has 0 spiro atoms. The summed E-state index contributed by atoms with van der Waals surface area (Å²) < 4.78 is 42.8. The van der Waals surface area contributed by atoms with Gasteiger partial charge in [-0.15, -0.1) is 0 Å². The number of anilines is 1. The van der Waals surface area contributed by atoms with Gasteiger partial charge in [-0.05, 0) is 72.9 Å². The average Bonchev–Trinajstić information content (AvgIpc) is 3.07. The second-order valence-corrected chi connectivity index (χ2v) is 13.7. The van der Waals surface area contributed by atoms with Crippen LogP contribution in [0.1, 0.15) is 48.8 Å². The Balaban J connectivity index is 1.55. The lowest BCUT2D eigenvalue weighted by Gasteiger charge is -2.35. The fraction of sp³-hybridized carbons (Fsp3) is 0.297. The Morgan fingerprint density at radius 1 is 0.826 bits per heavy atom. The smallest absolute Gasteiger partial charge is 0.264 e. The Labute approximate surface area is 271 Å². The Kier molecular flexibility index (Phi) is 10.9. The van der Waals surface area contributed by atoms with Crippen LogP contribution < -0.4 is 9.62 Å². The number of hydrogen-bond donors (Lipinski definition) is 1. The molecule has 4 aromatic rings. The number of aryl methyl sites for hydroxylation is 1. The first kappa shape index (κ1) is 32.9. The maximum Gasteiger partial charge on any atom is 0.264 e. The maximum atomic E-state index is 14.6. The lowest BCUT2D eigenvalue weighted by atomic mass is 9.94. The second-order valence-electron chi connectivity index (χ2n) is 11.8. The third kappa shape index (κ3) is 8.20. The van der Waals surface area contributed by atoms with Crippen LogP contribution in [0.25, 0.3) is 0 Å². The molecular weight excluding hydrogens is 601 g/mol. The molecule has 0 bridgehead atoms. The monoisotopic (exact) mass is 641 g/mol. The van der Waals surface area contributed by atoms with Gasteiger partial charge in [0.15, 0.2) is 0 Å². The fourth-order valence-corrected chi connectivity index (χ4v) is 7.34. The molecule has 1 saturated carbocycles. The fourth-order valence-electron chi connectivity index (χ4n) is 5.93. The van der Waals surface area contributed by atoms with E-state index in [9.17, 15) is 22.4 Å². The van der Waals surface area contributed by atoms with E-state index in [4.69, 9.17) is 0 Å². The summed E-state index contributed by atoms with van der Waals surface area (Å²) in [5.74, 6) is -1.36. The van der Waals surface area contributed by atoms with Gasteiger partial charge in [-0.1, -0.05) is 92.1 Å². The summed E-state index contributed by atoms with van der Waals surface area (Å²) in [7, 11) is -4.29. The third-order valence-electron chi connectivity index (χ3n) is 8.55. The number of nitrogens with one attached hydrogen (secondary N) is 1. The van der Waals surface area contributed by atoms with Crippen LogP contribution in [0.4, 0.5) is 10.1 Å². The standard InChI is InChI=1S/C37H40FN3O4S/c1-28-13-11-12-16-30(28)26-40(35(25-29-14-5-2-6-15-29)37(43)39-32-17-7-3-8-18-32)36(42)27-41(33-19-9-4-10-20-33)46(44,45)34-23-21-31(38)22-24-34/h2,4-6,9-16,19-24,32,35H,3,7-8,17-18,25-27H2,1H3,(H,39,43)/t35-/m1/s1. The summed E-state index contributed by atoms with van der Waals surface area (Å²) in [5, 5.41) is 3.22. The van der Waals surface area contributed by atoms with Crippen molar-refractivity contribution < 1.29 is 22.4 Å². The Bertz CT molecular complexity index is 1710. The molecule has 0 unspecified atom stereocenters. The summed E-state index contributed by atoms with van der Waals surface area (Å²) in [4.78, 5) is 30.1. The normalized spacial score (nSPS) is 14.3. The molecule has 0 aromatic heterocycles. The molecule has 4 aromatic carbocycles. The van der Waals surface area contributed by atoms with E-state index in [0.717, 1.165) is 65.2 Å². The first-order valence-electron chi connectivity index (χ1n) is 15.7. The molecule has 0 heterocycles. The van der Waals surface area contributed by atoms with E-state index in [1.807, 2.05) is 61.5 Å². The Morgan fingerprint density at radius 3 is 2.09 bits per heavy atom. The van der Waals surface area contributed by atoms with E-state index in [-0.39, 0.29) is 35.5 Å². The second kappa shape index (κ2) is 15.2. The highest BCUT2D eigenvalue weighted by atomic mass is 32.2. The van der Waals surface area contributed by atoms with Gasteiger partial charge in [-0.2, -0.15) is 0 Å². The third-order valence-corrected chi connectivity index (χ3v) is 10.3. The molecule has 9 heteroatoms. The molecule has 1 fully saturated rings. The van der Waals surface area contributed by atoms with Crippen molar-refractivity contribution in [3.63, 3.8) is 0 Å². The predicted octanol–water partition coefficient (Wildman–Crippen LogP) is 6.42. The molecule has 1 aliphatic carbocycles. The number of hydrogen-bond acceptors (Lipinski definition) is 4. The topological polar surface area (TPSA) is 86.8 Å². The van der Waals surface area contributed by atoms with Gasteiger partial charge in [0, 0.05) is 19.0 Å². The van der Waals surface area contributed by atoms with Crippen molar-refractivity contribution in [2.75, 3.05) is 10.8 Å². The molecule has 1 N–H and O–H groups in total. The number of carbonyl (C=O) groups excluding carboxylic acids is 2. The predicted molar refractivity (Wildman–Crippen MR) is 178 cm³/mol. The number of halogens is 1. The molecule has 240 valence electrons. The van der Waals surface area contributed by atoms with Crippen molar-refractivity contribution in [1.29, 1.82) is 0 Å². The number of para-hydroxylation sites is 1. The zero-order valence-electron chi connectivity index (χ0n) is 26.0. The molecule has 0 radical (unpaired) electrons. The lowest BCUT2D eigenvalue weighted by molar-refractivity contribution is -0.140. The maximum absolute atomic E-state index is 14.6. The van der Waals surface area contributed by atoms with E-state index < -0.39 is 34.3 Å². The van der Waals surface area contributed by atoms with Gasteiger partial charge in [0.05, 0.1) is 10.6 Å². The van der Waals surface area contributed by atoms with Gasteiger partial charge >= 0.3 is 0 Å². The van der Waals surface area contributed by atoms with Gasteiger partial charge in [0.25, 0.3) is 10.0 Å². The van der Waals surface area contributed by atoms with E-state index in [1.165, 1.54) is 17.0 Å². The number of amides is 2. The molecule has 46 heavy (non-hydrogen) atoms. The summed E-state index contributed by atoms with van der Waals surface area (Å²) in [6.07, 6.45) is 5.23. The van der Waals surface area contributed by atoms with Gasteiger partial charge in [0.2, 0.25) is 11.8 Å². The summed E-state index contributed by atoms with van der Waals surface area (Å²) in [5.41, 5.74) is 2.97. The lowest BCUT2D eigenvalue weighted by Crippen LogP contribution is -2.55. The number of rotatable bonds is 12. The van der Waals surface area contributed by atoms with Crippen molar-refractivity contribution in [3.05, 3.63) is 132 Å². The van der Waals surface area contributed by atoms with Gasteiger partial charge < -0.3 is 10.2 Å². The van der Waals surface area contributed by atoms with Crippen molar-refractivity contribution in [2.24, 2.45) is 0 Å². The summed E-state index contributed by atoms with van der Waals surface area (Å²) in [6.45, 7) is 1.50. The Morgan fingerprint density at radius 2 is 1.43 bits per heavy atom. The van der Waals surface area contributed by atoms with E-state index in [0.29, 0.717) is 0 Å². The van der Waals surface area contributed by atoms with E-state index in [1.54, 1.807) is 30.3 Å². The first-order valence-corrected chi connectivity index (χ1v) is 17.2. The van der Waals surface area contributed by atoms with Gasteiger partial charge in [-0.3, -0.25) is 13.9 Å². The number of sulfonamides is 1. The summed E-state index contributed by atoms with van der Waals surface area (Å²) >= 11 is 0. The minimum absolute atomic E-state index is 0.0228. The van der Waals surface area contributed by atoms with Gasteiger partial charge in [-0.25, -0.2) is 12.8 Å². The van der Waals surface area contributed by atoms with Crippen LogP contribution in [0, 0.1) is 12.7 Å². The summed E-state index contributed by atoms with van der Waals surface area (Å²) in [6, 6.07) is 29.2. The largest absolute Gasteiger partial charge is 0.352 e. The molecular formula is C37H40FN3O4S. The van der Waals surface area contributed by atoms with Crippen LogP contribution in [-0.4, -0.2) is 43.8 Å². The van der Waals surface area contributed by atoms with Crippen LogP contribution in [0.3, 0.4) is 0 Å². The first-order chi connectivity index (χ1) is 22.2. The Hall–Kier alpha value is -4.50. The zero-order valence-corrected chi connectivity index (χ0v) is 26.8. The zero-order chi connectivity index (χ0) is 32.5. The molecule has 2 amide bonds. The van der Waals surface area contributed by atoms with Crippen LogP contribution in [-0.2, 0) is 32.6 Å². The van der Waals surface area contributed by atoms with Crippen LogP contribution in [0.2, 0.25) is 0 Å². The highest BCUT2D eigenvalue weighted by Gasteiger charge is 2.35. The average molecular weight is 642 g/mol. The number of carbonyl (C=O) groups is 2. The minimum Gasteiger partial charge on any atom is -0.352 e. The van der Waals surface area contributed by atoms with Crippen LogP contribution in [0.5, 0.6) is 0 Å². The molecule has 1 atom stereocenters. The molecule has 0 saturated heterocycles. The SMILES string of the molecule is Cc1ccccc1CN(C(=O)CN(c1ccccc1)S(=O)(=O)c1ccc(F)cc1)[C@H](Cc1ccccc1)C(=O)NC1CCCCC1. The van der Waals surface area contributed by atoms with Crippen LogP contribution >= 0.6 is 0 Å². The number of nitrogens with zero attached hydrogens (tertiary/aromatic N) is 2. The molecule has 5 rings (SSSR count). The highest BCUT2D eigenvalue weighted by Crippen LogP contribution is 2.26. The quantitative estimate of drug-likeness (QED) is 0.194. The van der Waals surface area contributed by atoms with Crippen molar-refractivity contribution >= 4 is 27.5 Å². The van der Waals surface area contributed by atoms with E-state index in [2.05, 4.69) is 5.32 Å². The van der Waals surface area contributed by atoms with Crippen molar-refractivity contribution in [1.82, 2.24) is 10.2 Å². The van der Waals surface area contributed by atoms with E-state index >= 15 is 0 Å². The number of benzene rings is 4. The van der Waals surface area contributed by atoms with Gasteiger partial charge in [0.1, 0.15) is 18.4 Å². The highest BCUT2D eigenvalue weighted by molar-refractivity contribution is 7.92. The molecule has 7 nitrogen and oxygen atoms in total. The molecule has 0 aliphatic heterocycles. The minimum atomic E-state index is -4.29. The van der Waals surface area contributed by atoms with Crippen LogP contribution in [0.15, 0.2) is 114 Å². The van der Waals surface area contributed by atoms with Crippen molar-refractivity contribution in [2.45, 2.75) is 69.0 Å².